The van der Waals surface area contributed by atoms with E-state index in [0.29, 0.717) is 36.4 Å². The van der Waals surface area contributed by atoms with Crippen LogP contribution in [0.2, 0.25) is 0 Å². The van der Waals surface area contributed by atoms with Crippen LogP contribution in [0.1, 0.15) is 25.0 Å². The Morgan fingerprint density at radius 1 is 1.53 bits per heavy atom. The van der Waals surface area contributed by atoms with E-state index in [9.17, 15) is 14.7 Å². The third-order valence-electron chi connectivity index (χ3n) is 2.62. The molecule has 104 valence electrons. The Morgan fingerprint density at radius 3 is 2.84 bits per heavy atom. The second kappa shape index (κ2) is 7.38. The Hall–Kier alpha value is -2.08. The van der Waals surface area contributed by atoms with E-state index in [1.54, 1.807) is 18.2 Å². The number of anilines is 1. The first-order chi connectivity index (χ1) is 9.08. The summed E-state index contributed by atoms with van der Waals surface area (Å²) < 4.78 is 5.08. The zero-order valence-electron chi connectivity index (χ0n) is 11.0. The highest BCUT2D eigenvalue weighted by molar-refractivity contribution is 5.74. The number of ether oxygens (including phenoxy) is 1. The summed E-state index contributed by atoms with van der Waals surface area (Å²) in [6.07, 6.45) is 0.0935. The van der Waals surface area contributed by atoms with Gasteiger partial charge < -0.3 is 20.5 Å². The number of aliphatic hydroxyl groups is 1. The number of carbonyl (C=O) groups is 2. The van der Waals surface area contributed by atoms with Gasteiger partial charge in [0.1, 0.15) is 5.75 Å². The minimum absolute atomic E-state index is 0.149. The third-order valence-corrected chi connectivity index (χ3v) is 2.62. The van der Waals surface area contributed by atoms with E-state index in [1.165, 1.54) is 14.0 Å². The first-order valence-electron chi connectivity index (χ1n) is 5.89. The summed E-state index contributed by atoms with van der Waals surface area (Å²) in [6.45, 7) is 1.77. The Morgan fingerprint density at radius 2 is 2.26 bits per heavy atom. The van der Waals surface area contributed by atoms with Crippen molar-refractivity contribution in [3.05, 3.63) is 23.8 Å². The molecular formula is C13H18N2O4. The number of rotatable bonds is 7. The molecule has 0 saturated carbocycles. The molecule has 3 N–H and O–H groups in total. The number of carbonyl (C=O) groups excluding carboxylic acids is 2. The number of nitrogens with one attached hydrogen (secondary N) is 2. The van der Waals surface area contributed by atoms with Crippen LogP contribution in [0.3, 0.4) is 0 Å². The highest BCUT2D eigenvalue weighted by atomic mass is 16.5. The molecule has 6 heteroatoms. The monoisotopic (exact) mass is 266 g/mol. The van der Waals surface area contributed by atoms with Crippen molar-refractivity contribution in [2.75, 3.05) is 19.0 Å². The van der Waals surface area contributed by atoms with Gasteiger partial charge in [-0.15, -0.1) is 0 Å². The van der Waals surface area contributed by atoms with E-state index in [4.69, 9.17) is 4.74 Å². The molecule has 6 nitrogen and oxygen atoms in total. The van der Waals surface area contributed by atoms with Gasteiger partial charge in [0.2, 0.25) is 12.3 Å². The fraction of sp³-hybridized carbons (Fsp3) is 0.385. The standard InChI is InChI=1S/C13H18N2O4/c1-9(17)14-6-5-13(18)11-7-10(19-2)3-4-12(11)15-8-16/h3-4,7-8,13,18H,5-6H2,1-2H3,(H,14,17)(H,15,16). The topological polar surface area (TPSA) is 87.7 Å². The molecule has 0 bridgehead atoms. The molecule has 0 spiro atoms. The average Bonchev–Trinajstić information content (AvgIpc) is 2.39. The normalized spacial score (nSPS) is 11.5. The van der Waals surface area contributed by atoms with E-state index in [-0.39, 0.29) is 5.91 Å². The van der Waals surface area contributed by atoms with Crippen LogP contribution in [-0.4, -0.2) is 31.1 Å². The third kappa shape index (κ3) is 4.59. The van der Waals surface area contributed by atoms with E-state index < -0.39 is 6.10 Å². The van der Waals surface area contributed by atoms with Crippen molar-refractivity contribution < 1.29 is 19.4 Å². The number of benzene rings is 1. The maximum absolute atomic E-state index is 10.8. The van der Waals surface area contributed by atoms with Crippen LogP contribution >= 0.6 is 0 Å². The van der Waals surface area contributed by atoms with Crippen molar-refractivity contribution in [1.82, 2.24) is 5.32 Å². The number of methoxy groups -OCH3 is 1. The minimum atomic E-state index is -0.801. The van der Waals surface area contributed by atoms with Crippen molar-refractivity contribution in [2.24, 2.45) is 0 Å². The molecule has 0 aliphatic heterocycles. The van der Waals surface area contributed by atoms with Crippen LogP contribution in [-0.2, 0) is 9.59 Å². The molecule has 0 heterocycles. The average molecular weight is 266 g/mol. The Bertz CT molecular complexity index is 448. The molecule has 0 aliphatic rings. The highest BCUT2D eigenvalue weighted by Crippen LogP contribution is 2.28. The van der Waals surface area contributed by atoms with Crippen molar-refractivity contribution in [1.29, 1.82) is 0 Å². The molecule has 2 amide bonds. The number of hydrogen-bond acceptors (Lipinski definition) is 4. The summed E-state index contributed by atoms with van der Waals surface area (Å²) >= 11 is 0. The second-order valence-electron chi connectivity index (χ2n) is 4.00. The molecule has 0 aromatic heterocycles. The SMILES string of the molecule is COc1ccc(NC=O)c(C(O)CCNC(C)=O)c1. The van der Waals surface area contributed by atoms with E-state index in [1.807, 2.05) is 0 Å². The largest absolute Gasteiger partial charge is 0.497 e. The fourth-order valence-corrected chi connectivity index (χ4v) is 1.68. The van der Waals surface area contributed by atoms with Crippen molar-refractivity contribution >= 4 is 18.0 Å². The molecule has 0 saturated heterocycles. The summed E-state index contributed by atoms with van der Waals surface area (Å²) in [4.78, 5) is 21.3. The van der Waals surface area contributed by atoms with E-state index >= 15 is 0 Å². The smallest absolute Gasteiger partial charge is 0.216 e. The van der Waals surface area contributed by atoms with Crippen LogP contribution < -0.4 is 15.4 Å². The maximum atomic E-state index is 10.8. The summed E-state index contributed by atoms with van der Waals surface area (Å²) in [7, 11) is 1.52. The van der Waals surface area contributed by atoms with Crippen LogP contribution in [0.4, 0.5) is 5.69 Å². The van der Waals surface area contributed by atoms with Gasteiger partial charge in [0.15, 0.2) is 0 Å². The summed E-state index contributed by atoms with van der Waals surface area (Å²) in [5.41, 5.74) is 1.07. The lowest BCUT2D eigenvalue weighted by Gasteiger charge is -2.16. The van der Waals surface area contributed by atoms with Crippen molar-refractivity contribution in [2.45, 2.75) is 19.4 Å². The van der Waals surface area contributed by atoms with Gasteiger partial charge in [0, 0.05) is 24.7 Å². The first-order valence-corrected chi connectivity index (χ1v) is 5.89. The lowest BCUT2D eigenvalue weighted by atomic mass is 10.0. The van der Waals surface area contributed by atoms with Gasteiger partial charge in [-0.3, -0.25) is 9.59 Å². The lowest BCUT2D eigenvalue weighted by molar-refractivity contribution is -0.119. The minimum Gasteiger partial charge on any atom is -0.497 e. The Kier molecular flexibility index (Phi) is 5.81. The van der Waals surface area contributed by atoms with Gasteiger partial charge >= 0.3 is 0 Å². The van der Waals surface area contributed by atoms with Crippen molar-refractivity contribution in [3.63, 3.8) is 0 Å². The van der Waals surface area contributed by atoms with Gasteiger partial charge in [0.25, 0.3) is 0 Å². The predicted octanol–water partition coefficient (Wildman–Crippen LogP) is 0.823. The molecule has 1 aromatic carbocycles. The zero-order valence-corrected chi connectivity index (χ0v) is 11.0. The van der Waals surface area contributed by atoms with Gasteiger partial charge in [-0.25, -0.2) is 0 Å². The number of aliphatic hydroxyl groups excluding tert-OH is 1. The molecule has 1 aromatic rings. The molecule has 1 unspecified atom stereocenters. The maximum Gasteiger partial charge on any atom is 0.216 e. The molecule has 0 radical (unpaired) electrons. The van der Waals surface area contributed by atoms with Crippen LogP contribution in [0.15, 0.2) is 18.2 Å². The summed E-state index contributed by atoms with van der Waals surface area (Å²) in [6, 6.07) is 5.00. The molecule has 0 fully saturated rings. The van der Waals surface area contributed by atoms with Crippen LogP contribution in [0.25, 0.3) is 0 Å². The second-order valence-corrected chi connectivity index (χ2v) is 4.00. The van der Waals surface area contributed by atoms with Gasteiger partial charge in [0.05, 0.1) is 13.2 Å². The fourth-order valence-electron chi connectivity index (χ4n) is 1.68. The van der Waals surface area contributed by atoms with Gasteiger partial charge in [-0.1, -0.05) is 0 Å². The highest BCUT2D eigenvalue weighted by Gasteiger charge is 2.13. The molecule has 0 aliphatic carbocycles. The first kappa shape index (κ1) is 15.0. The van der Waals surface area contributed by atoms with Gasteiger partial charge in [-0.2, -0.15) is 0 Å². The van der Waals surface area contributed by atoms with Crippen LogP contribution in [0.5, 0.6) is 5.75 Å². The molecular weight excluding hydrogens is 248 g/mol. The quantitative estimate of drug-likeness (QED) is 0.638. The number of amides is 2. The summed E-state index contributed by atoms with van der Waals surface area (Å²) in [5.74, 6) is 0.439. The lowest BCUT2D eigenvalue weighted by Crippen LogP contribution is -2.22. The predicted molar refractivity (Wildman–Crippen MR) is 70.9 cm³/mol. The Balaban J connectivity index is 2.82. The molecule has 19 heavy (non-hydrogen) atoms. The van der Waals surface area contributed by atoms with Gasteiger partial charge in [-0.05, 0) is 24.6 Å². The molecule has 1 rings (SSSR count). The van der Waals surface area contributed by atoms with Crippen molar-refractivity contribution in [3.8, 4) is 5.75 Å². The van der Waals surface area contributed by atoms with E-state index in [2.05, 4.69) is 10.6 Å². The zero-order chi connectivity index (χ0) is 14.3. The number of hydrogen-bond donors (Lipinski definition) is 3. The van der Waals surface area contributed by atoms with E-state index in [0.717, 1.165) is 0 Å². The van der Waals surface area contributed by atoms with Crippen LogP contribution in [0, 0.1) is 0 Å². The molecule has 1 atom stereocenters. The summed E-state index contributed by atoms with van der Waals surface area (Å²) in [5, 5.41) is 15.2. The Labute approximate surface area is 111 Å².